The highest BCUT2D eigenvalue weighted by atomic mass is 15.0. The molecule has 0 saturated heterocycles. The molecule has 0 spiro atoms. The summed E-state index contributed by atoms with van der Waals surface area (Å²) in [5.41, 5.74) is 12.9. The van der Waals surface area contributed by atoms with E-state index in [0.717, 1.165) is 38.2 Å². The van der Waals surface area contributed by atoms with Crippen molar-refractivity contribution in [2.24, 2.45) is 0 Å². The van der Waals surface area contributed by atoms with Gasteiger partial charge >= 0.3 is 0 Å². The highest BCUT2D eigenvalue weighted by molar-refractivity contribution is 6.21. The predicted molar refractivity (Wildman–Crippen MR) is 220 cm³/mol. The molecule has 0 amide bonds. The van der Waals surface area contributed by atoms with Gasteiger partial charge < -0.3 is 0 Å². The van der Waals surface area contributed by atoms with E-state index >= 15 is 0 Å². The molecule has 8 aromatic carbocycles. The average Bonchev–Trinajstić information content (AvgIpc) is 3.45. The van der Waals surface area contributed by atoms with Gasteiger partial charge in [-0.25, -0.2) is 15.0 Å². The van der Waals surface area contributed by atoms with Crippen LogP contribution >= 0.6 is 0 Å². The van der Waals surface area contributed by atoms with Crippen molar-refractivity contribution in [3.8, 4) is 67.5 Å². The summed E-state index contributed by atoms with van der Waals surface area (Å²) in [4.78, 5) is 15.5. The first kappa shape index (κ1) is 31.1. The second kappa shape index (κ2) is 12.2. The average molecular weight is 678 g/mol. The molecule has 0 unspecified atom stereocenters. The molecule has 3 nitrogen and oxygen atoms in total. The van der Waals surface area contributed by atoms with Gasteiger partial charge in [-0.3, -0.25) is 0 Å². The number of hydrogen-bond acceptors (Lipinski definition) is 3. The second-order valence-corrected chi connectivity index (χ2v) is 14.4. The van der Waals surface area contributed by atoms with E-state index in [9.17, 15) is 0 Å². The Morgan fingerprint density at radius 2 is 0.811 bits per heavy atom. The van der Waals surface area contributed by atoms with Crippen LogP contribution < -0.4 is 0 Å². The van der Waals surface area contributed by atoms with Gasteiger partial charge in [0.05, 0.1) is 0 Å². The number of aromatic nitrogens is 3. The molecule has 0 saturated carbocycles. The summed E-state index contributed by atoms with van der Waals surface area (Å²) in [6.07, 6.45) is 0. The maximum absolute atomic E-state index is 5.25. The molecule has 0 fully saturated rings. The smallest absolute Gasteiger partial charge is 0.165 e. The highest BCUT2D eigenvalue weighted by Gasteiger charge is 2.35. The van der Waals surface area contributed by atoms with Gasteiger partial charge in [-0.15, -0.1) is 0 Å². The van der Waals surface area contributed by atoms with Crippen molar-refractivity contribution >= 4 is 21.5 Å². The fourth-order valence-electron chi connectivity index (χ4n) is 8.32. The molecule has 250 valence electrons. The lowest BCUT2D eigenvalue weighted by Crippen LogP contribution is -2.14. The minimum atomic E-state index is -0.116. The summed E-state index contributed by atoms with van der Waals surface area (Å²) in [6, 6.07) is 62.6. The molecule has 0 radical (unpaired) electrons. The van der Waals surface area contributed by atoms with Gasteiger partial charge in [-0.1, -0.05) is 178 Å². The van der Waals surface area contributed by atoms with Gasteiger partial charge in [0.2, 0.25) is 0 Å². The van der Waals surface area contributed by atoms with Crippen LogP contribution in [0, 0.1) is 0 Å². The molecule has 3 heteroatoms. The van der Waals surface area contributed by atoms with Crippen LogP contribution in [-0.4, -0.2) is 15.0 Å². The summed E-state index contributed by atoms with van der Waals surface area (Å²) in [5, 5.41) is 4.54. The Morgan fingerprint density at radius 3 is 1.47 bits per heavy atom. The normalized spacial score (nSPS) is 12.9. The molecule has 1 aliphatic rings. The minimum absolute atomic E-state index is 0.116. The zero-order chi connectivity index (χ0) is 35.5. The van der Waals surface area contributed by atoms with Gasteiger partial charge in [0.15, 0.2) is 17.5 Å². The topological polar surface area (TPSA) is 38.7 Å². The maximum atomic E-state index is 5.25. The Labute approximate surface area is 309 Å². The van der Waals surface area contributed by atoms with E-state index in [0.29, 0.717) is 17.5 Å². The monoisotopic (exact) mass is 677 g/mol. The third-order valence-electron chi connectivity index (χ3n) is 10.9. The van der Waals surface area contributed by atoms with Crippen LogP contribution in [0.2, 0.25) is 0 Å². The van der Waals surface area contributed by atoms with Crippen LogP contribution in [0.5, 0.6) is 0 Å². The van der Waals surface area contributed by atoms with E-state index in [1.54, 1.807) is 0 Å². The zero-order valence-corrected chi connectivity index (χ0v) is 29.6. The van der Waals surface area contributed by atoms with E-state index < -0.39 is 0 Å². The van der Waals surface area contributed by atoms with E-state index in [-0.39, 0.29) is 5.41 Å². The summed E-state index contributed by atoms with van der Waals surface area (Å²) in [7, 11) is 0. The number of fused-ring (bicyclic) bond motifs is 5. The lowest BCUT2D eigenvalue weighted by molar-refractivity contribution is 0.660. The van der Waals surface area contributed by atoms with Crippen molar-refractivity contribution in [1.82, 2.24) is 15.0 Å². The van der Waals surface area contributed by atoms with Gasteiger partial charge in [-0.05, 0) is 78.2 Å². The van der Waals surface area contributed by atoms with Crippen molar-refractivity contribution < 1.29 is 0 Å². The van der Waals surface area contributed by atoms with Crippen molar-refractivity contribution in [2.75, 3.05) is 0 Å². The van der Waals surface area contributed by atoms with Crippen LogP contribution in [0.15, 0.2) is 176 Å². The summed E-state index contributed by atoms with van der Waals surface area (Å²) in [5.74, 6) is 1.96. The first-order valence-electron chi connectivity index (χ1n) is 18.2. The van der Waals surface area contributed by atoms with Crippen molar-refractivity contribution in [3.63, 3.8) is 0 Å². The van der Waals surface area contributed by atoms with Crippen LogP contribution in [0.1, 0.15) is 25.0 Å². The van der Waals surface area contributed by atoms with Crippen molar-refractivity contribution in [2.45, 2.75) is 19.3 Å². The van der Waals surface area contributed by atoms with Gasteiger partial charge in [0, 0.05) is 22.1 Å². The fourth-order valence-corrected chi connectivity index (χ4v) is 8.32. The summed E-state index contributed by atoms with van der Waals surface area (Å²) in [6.45, 7) is 4.70. The Morgan fingerprint density at radius 1 is 0.321 bits per heavy atom. The van der Waals surface area contributed by atoms with Crippen LogP contribution in [0.25, 0.3) is 89.1 Å². The number of benzene rings is 8. The van der Waals surface area contributed by atoms with Crippen LogP contribution in [0.4, 0.5) is 0 Å². The Bertz CT molecular complexity index is 2780. The van der Waals surface area contributed by atoms with Crippen molar-refractivity contribution in [1.29, 1.82) is 0 Å². The van der Waals surface area contributed by atoms with E-state index in [4.69, 9.17) is 15.0 Å². The number of rotatable bonds is 5. The quantitative estimate of drug-likeness (QED) is 0.170. The Hall–Kier alpha value is -6.71. The Kier molecular flexibility index (Phi) is 7.16. The molecule has 53 heavy (non-hydrogen) atoms. The largest absolute Gasteiger partial charge is 0.208 e. The molecule has 1 aliphatic carbocycles. The van der Waals surface area contributed by atoms with Crippen LogP contribution in [0.3, 0.4) is 0 Å². The predicted octanol–water partition coefficient (Wildman–Crippen LogP) is 12.8. The minimum Gasteiger partial charge on any atom is -0.208 e. The van der Waals surface area contributed by atoms with Gasteiger partial charge in [0.25, 0.3) is 0 Å². The molecule has 0 atom stereocenters. The van der Waals surface area contributed by atoms with E-state index in [1.807, 2.05) is 36.4 Å². The number of hydrogen-bond donors (Lipinski definition) is 0. The summed E-state index contributed by atoms with van der Waals surface area (Å²) >= 11 is 0. The van der Waals surface area contributed by atoms with E-state index in [2.05, 4.69) is 153 Å². The molecule has 1 aromatic heterocycles. The third-order valence-corrected chi connectivity index (χ3v) is 10.9. The van der Waals surface area contributed by atoms with E-state index in [1.165, 1.54) is 44.5 Å². The van der Waals surface area contributed by atoms with Gasteiger partial charge in [-0.2, -0.15) is 0 Å². The number of nitrogens with zero attached hydrogens (tertiary/aromatic N) is 3. The standard InChI is InChI=1S/C50H35N3/c1-50(2)43-25-15-14-22-37(43)38-28-27-36(31-44(38)50)45-39-23-12-13-24-40(39)46(41-29-26-35(30-42(41)45)32-16-6-3-7-17-32)49-52-47(33-18-8-4-9-19-33)51-48(53-49)34-20-10-5-11-21-34/h3-31H,1-2H3. The highest BCUT2D eigenvalue weighted by Crippen LogP contribution is 2.51. The molecule has 1 heterocycles. The zero-order valence-electron chi connectivity index (χ0n) is 29.6. The molecular formula is C50H35N3. The molecule has 0 aliphatic heterocycles. The molecule has 0 N–H and O–H groups in total. The molecule has 10 rings (SSSR count). The Balaban J connectivity index is 1.30. The van der Waals surface area contributed by atoms with Gasteiger partial charge in [0.1, 0.15) is 0 Å². The lowest BCUT2D eigenvalue weighted by atomic mass is 9.80. The second-order valence-electron chi connectivity index (χ2n) is 14.4. The third kappa shape index (κ3) is 5.08. The fraction of sp³-hybridized carbons (Fsp3) is 0.0600. The summed E-state index contributed by atoms with van der Waals surface area (Å²) < 4.78 is 0. The molecule has 0 bridgehead atoms. The first-order valence-corrected chi connectivity index (χ1v) is 18.2. The van der Waals surface area contributed by atoms with Crippen molar-refractivity contribution in [3.05, 3.63) is 187 Å². The first-order chi connectivity index (χ1) is 26.0. The lowest BCUT2D eigenvalue weighted by Gasteiger charge is -2.23. The van der Waals surface area contributed by atoms with Crippen LogP contribution in [-0.2, 0) is 5.41 Å². The molecular weight excluding hydrogens is 643 g/mol. The SMILES string of the molecule is CC1(C)c2ccccc2-c2ccc(-c3c4ccccc4c(-c4nc(-c5ccccc5)nc(-c5ccccc5)n4)c4ccc(-c5ccccc5)cc34)cc21. The maximum Gasteiger partial charge on any atom is 0.165 e. The molecule has 9 aromatic rings.